The molecule has 0 heterocycles. The molecule has 1 saturated carbocycles. The Bertz CT molecular complexity index is 134. The number of hydrogen-bond donors (Lipinski definition) is 3. The highest BCUT2D eigenvalue weighted by Crippen LogP contribution is 2.26. The van der Waals surface area contributed by atoms with E-state index in [1.54, 1.807) is 0 Å². The Labute approximate surface area is 80.2 Å². The van der Waals surface area contributed by atoms with Crippen molar-refractivity contribution in [2.24, 2.45) is 5.92 Å². The van der Waals surface area contributed by atoms with Gasteiger partial charge in [-0.25, -0.2) is 0 Å². The summed E-state index contributed by atoms with van der Waals surface area (Å²) in [6.07, 6.45) is 4.70. The van der Waals surface area contributed by atoms with Crippen molar-refractivity contribution in [3.8, 4) is 0 Å². The van der Waals surface area contributed by atoms with E-state index in [9.17, 15) is 0 Å². The molecule has 3 nitrogen and oxygen atoms in total. The Morgan fingerprint density at radius 1 is 1.31 bits per heavy atom. The largest absolute Gasteiger partial charge is 0.394 e. The highest BCUT2D eigenvalue weighted by molar-refractivity contribution is 4.87. The molecule has 78 valence electrons. The third-order valence-electron chi connectivity index (χ3n) is 3.27. The molecule has 0 spiro atoms. The van der Waals surface area contributed by atoms with E-state index in [1.165, 1.54) is 19.3 Å². The zero-order valence-electron chi connectivity index (χ0n) is 8.42. The molecule has 0 saturated heterocycles. The van der Waals surface area contributed by atoms with Crippen LogP contribution in [0.2, 0.25) is 0 Å². The summed E-state index contributed by atoms with van der Waals surface area (Å²) < 4.78 is 0. The van der Waals surface area contributed by atoms with Crippen LogP contribution in [0.1, 0.15) is 32.6 Å². The van der Waals surface area contributed by atoms with Gasteiger partial charge in [-0.15, -0.1) is 0 Å². The lowest BCUT2D eigenvalue weighted by Crippen LogP contribution is -2.53. The highest BCUT2D eigenvalue weighted by atomic mass is 16.3. The number of aliphatic hydroxyl groups excluding tert-OH is 2. The smallest absolute Gasteiger partial charge is 0.0645 e. The summed E-state index contributed by atoms with van der Waals surface area (Å²) in [5.74, 6) is 0.768. The molecule has 0 bridgehead atoms. The van der Waals surface area contributed by atoms with Gasteiger partial charge in [-0.05, 0) is 31.7 Å². The monoisotopic (exact) mass is 187 g/mol. The van der Waals surface area contributed by atoms with Gasteiger partial charge in [-0.2, -0.15) is 0 Å². The molecule has 0 unspecified atom stereocenters. The SMILES string of the molecule is CCC(CO)(CO)NCC1CCC1. The van der Waals surface area contributed by atoms with Crippen LogP contribution in [0.25, 0.3) is 0 Å². The molecule has 13 heavy (non-hydrogen) atoms. The second-order valence-electron chi connectivity index (χ2n) is 4.13. The average Bonchev–Trinajstić information content (AvgIpc) is 2.11. The molecule has 3 heteroatoms. The molecule has 0 aromatic carbocycles. The van der Waals surface area contributed by atoms with Crippen molar-refractivity contribution in [3.05, 3.63) is 0 Å². The maximum absolute atomic E-state index is 9.16. The van der Waals surface area contributed by atoms with E-state index in [4.69, 9.17) is 10.2 Å². The van der Waals surface area contributed by atoms with Crippen LogP contribution in [-0.2, 0) is 0 Å². The minimum atomic E-state index is -0.449. The first-order valence-electron chi connectivity index (χ1n) is 5.23. The number of rotatable bonds is 6. The summed E-state index contributed by atoms with van der Waals surface area (Å²) in [6.45, 7) is 2.97. The number of aliphatic hydroxyl groups is 2. The van der Waals surface area contributed by atoms with Crippen molar-refractivity contribution in [2.45, 2.75) is 38.1 Å². The van der Waals surface area contributed by atoms with Gasteiger partial charge >= 0.3 is 0 Å². The second kappa shape index (κ2) is 4.94. The third-order valence-corrected chi connectivity index (χ3v) is 3.27. The number of hydrogen-bond acceptors (Lipinski definition) is 3. The summed E-state index contributed by atoms with van der Waals surface area (Å²) in [4.78, 5) is 0. The zero-order valence-corrected chi connectivity index (χ0v) is 8.42. The Morgan fingerprint density at radius 3 is 2.23 bits per heavy atom. The van der Waals surface area contributed by atoms with E-state index in [0.29, 0.717) is 0 Å². The molecule has 3 N–H and O–H groups in total. The Hall–Kier alpha value is -0.120. The lowest BCUT2D eigenvalue weighted by Gasteiger charge is -2.34. The second-order valence-corrected chi connectivity index (χ2v) is 4.13. The van der Waals surface area contributed by atoms with E-state index < -0.39 is 5.54 Å². The van der Waals surface area contributed by atoms with Crippen LogP contribution in [0, 0.1) is 5.92 Å². The van der Waals surface area contributed by atoms with E-state index >= 15 is 0 Å². The molecule has 1 aliphatic carbocycles. The summed E-state index contributed by atoms with van der Waals surface area (Å²) in [6, 6.07) is 0. The van der Waals surface area contributed by atoms with E-state index in [-0.39, 0.29) is 13.2 Å². The van der Waals surface area contributed by atoms with Crippen molar-refractivity contribution in [2.75, 3.05) is 19.8 Å². The van der Waals surface area contributed by atoms with Gasteiger partial charge in [0, 0.05) is 0 Å². The molecule has 0 amide bonds. The molecule has 1 aliphatic rings. The molecule has 0 aromatic rings. The predicted molar refractivity (Wildman–Crippen MR) is 52.5 cm³/mol. The van der Waals surface area contributed by atoms with Gasteiger partial charge in [0.1, 0.15) is 0 Å². The molecule has 0 aromatic heterocycles. The molecule has 0 aliphatic heterocycles. The van der Waals surface area contributed by atoms with E-state index in [0.717, 1.165) is 18.9 Å². The van der Waals surface area contributed by atoms with Crippen LogP contribution in [0.4, 0.5) is 0 Å². The predicted octanol–water partition coefficient (Wildman–Crippen LogP) is 0.509. The van der Waals surface area contributed by atoms with Crippen molar-refractivity contribution >= 4 is 0 Å². The lowest BCUT2D eigenvalue weighted by atomic mass is 9.84. The van der Waals surface area contributed by atoms with E-state index in [2.05, 4.69) is 5.32 Å². The molecule has 1 fully saturated rings. The fourth-order valence-electron chi connectivity index (χ4n) is 1.57. The minimum absolute atomic E-state index is 0.0206. The standard InChI is InChI=1S/C10H21NO2/c1-2-10(7-12,8-13)11-6-9-4-3-5-9/h9,11-13H,2-8H2,1H3. The van der Waals surface area contributed by atoms with Crippen LogP contribution < -0.4 is 5.32 Å². The van der Waals surface area contributed by atoms with Crippen LogP contribution in [-0.4, -0.2) is 35.5 Å². The summed E-state index contributed by atoms with van der Waals surface area (Å²) in [5, 5.41) is 21.6. The van der Waals surface area contributed by atoms with Crippen LogP contribution >= 0.6 is 0 Å². The first kappa shape index (κ1) is 11.0. The van der Waals surface area contributed by atoms with Crippen molar-refractivity contribution < 1.29 is 10.2 Å². The quantitative estimate of drug-likeness (QED) is 0.568. The Morgan fingerprint density at radius 2 is 1.92 bits per heavy atom. The highest BCUT2D eigenvalue weighted by Gasteiger charge is 2.28. The lowest BCUT2D eigenvalue weighted by molar-refractivity contribution is 0.0797. The van der Waals surface area contributed by atoms with Crippen LogP contribution in [0.5, 0.6) is 0 Å². The minimum Gasteiger partial charge on any atom is -0.394 e. The van der Waals surface area contributed by atoms with Gasteiger partial charge in [0.25, 0.3) is 0 Å². The maximum Gasteiger partial charge on any atom is 0.0645 e. The van der Waals surface area contributed by atoms with Gasteiger partial charge < -0.3 is 15.5 Å². The fraction of sp³-hybridized carbons (Fsp3) is 1.00. The Balaban J connectivity index is 2.27. The number of nitrogens with one attached hydrogen (secondary N) is 1. The fourth-order valence-corrected chi connectivity index (χ4v) is 1.57. The summed E-state index contributed by atoms with van der Waals surface area (Å²) in [5.41, 5.74) is -0.449. The maximum atomic E-state index is 9.16. The van der Waals surface area contributed by atoms with Gasteiger partial charge in [-0.3, -0.25) is 0 Å². The molecule has 0 atom stereocenters. The third kappa shape index (κ3) is 2.66. The first-order valence-corrected chi connectivity index (χ1v) is 5.23. The molecular weight excluding hydrogens is 166 g/mol. The van der Waals surface area contributed by atoms with Crippen molar-refractivity contribution in [3.63, 3.8) is 0 Å². The van der Waals surface area contributed by atoms with Gasteiger partial charge in [0.2, 0.25) is 0 Å². The van der Waals surface area contributed by atoms with E-state index in [1.807, 2.05) is 6.92 Å². The molecule has 0 radical (unpaired) electrons. The zero-order chi connectivity index (χ0) is 9.73. The van der Waals surface area contributed by atoms with Crippen LogP contribution in [0.3, 0.4) is 0 Å². The topological polar surface area (TPSA) is 52.5 Å². The summed E-state index contributed by atoms with van der Waals surface area (Å²) in [7, 11) is 0. The molecular formula is C10H21NO2. The molecule has 1 rings (SSSR count). The van der Waals surface area contributed by atoms with Gasteiger partial charge in [-0.1, -0.05) is 13.3 Å². The van der Waals surface area contributed by atoms with Gasteiger partial charge in [0.15, 0.2) is 0 Å². The first-order chi connectivity index (χ1) is 6.26. The average molecular weight is 187 g/mol. The summed E-state index contributed by atoms with van der Waals surface area (Å²) >= 11 is 0. The van der Waals surface area contributed by atoms with Gasteiger partial charge in [0.05, 0.1) is 18.8 Å². The normalized spacial score (nSPS) is 18.7. The van der Waals surface area contributed by atoms with Crippen molar-refractivity contribution in [1.82, 2.24) is 5.32 Å². The van der Waals surface area contributed by atoms with Crippen molar-refractivity contribution in [1.29, 1.82) is 0 Å². The van der Waals surface area contributed by atoms with Crippen LogP contribution in [0.15, 0.2) is 0 Å². The Kier molecular flexibility index (Phi) is 4.16.